The van der Waals surface area contributed by atoms with Gasteiger partial charge in [-0.2, -0.15) is 0 Å². The van der Waals surface area contributed by atoms with E-state index in [-0.39, 0.29) is 16.3 Å². The molecule has 26 heavy (non-hydrogen) atoms. The SMILES string of the molecule is CCNc1nc(Sc2ccc([N+](=O)[O-])cc2[N+](=O)[O-])nc2ccccc12. The molecular formula is C16H13N5O4S. The smallest absolute Gasteiger partial charge is 0.290 e. The van der Waals surface area contributed by atoms with Crippen LogP contribution in [0.2, 0.25) is 0 Å². The van der Waals surface area contributed by atoms with E-state index in [1.165, 1.54) is 12.1 Å². The van der Waals surface area contributed by atoms with Crippen molar-refractivity contribution in [3.63, 3.8) is 0 Å². The summed E-state index contributed by atoms with van der Waals surface area (Å²) < 4.78 is 0. The number of hydrogen-bond acceptors (Lipinski definition) is 8. The first kappa shape index (κ1) is 17.5. The van der Waals surface area contributed by atoms with E-state index >= 15 is 0 Å². The van der Waals surface area contributed by atoms with Gasteiger partial charge in [0, 0.05) is 18.0 Å². The first-order valence-corrected chi connectivity index (χ1v) is 8.42. The predicted molar refractivity (Wildman–Crippen MR) is 97.6 cm³/mol. The van der Waals surface area contributed by atoms with Crippen LogP contribution in [0.1, 0.15) is 6.92 Å². The van der Waals surface area contributed by atoms with E-state index in [4.69, 9.17) is 0 Å². The van der Waals surface area contributed by atoms with E-state index in [9.17, 15) is 20.2 Å². The van der Waals surface area contributed by atoms with Crippen LogP contribution in [0.3, 0.4) is 0 Å². The molecule has 3 aromatic rings. The molecule has 0 saturated carbocycles. The molecule has 0 unspecified atom stereocenters. The largest absolute Gasteiger partial charge is 0.370 e. The zero-order valence-corrected chi connectivity index (χ0v) is 14.4. The van der Waals surface area contributed by atoms with Crippen LogP contribution in [-0.2, 0) is 0 Å². The van der Waals surface area contributed by atoms with E-state index in [0.29, 0.717) is 23.0 Å². The standard InChI is InChI=1S/C16H13N5O4S/c1-2-17-15-11-5-3-4-6-12(11)18-16(19-15)26-14-8-7-10(20(22)23)9-13(14)21(24)25/h3-9H,2H2,1H3,(H,17,18,19). The van der Waals surface area contributed by atoms with Crippen LogP contribution in [0.4, 0.5) is 17.2 Å². The number of nitro benzene ring substituents is 2. The fraction of sp³-hybridized carbons (Fsp3) is 0.125. The van der Waals surface area contributed by atoms with Crippen molar-refractivity contribution in [2.24, 2.45) is 0 Å². The van der Waals surface area contributed by atoms with Gasteiger partial charge in [0.2, 0.25) is 0 Å². The molecule has 0 amide bonds. The first-order chi connectivity index (χ1) is 12.5. The topological polar surface area (TPSA) is 124 Å². The molecule has 2 aromatic carbocycles. The molecule has 3 rings (SSSR count). The summed E-state index contributed by atoms with van der Waals surface area (Å²) in [6.07, 6.45) is 0. The zero-order chi connectivity index (χ0) is 18.7. The van der Waals surface area contributed by atoms with Crippen LogP contribution in [0, 0.1) is 20.2 Å². The van der Waals surface area contributed by atoms with Crippen molar-refractivity contribution in [1.82, 2.24) is 9.97 Å². The van der Waals surface area contributed by atoms with Gasteiger partial charge in [-0.25, -0.2) is 9.97 Å². The molecule has 0 aliphatic rings. The maximum atomic E-state index is 11.3. The van der Waals surface area contributed by atoms with E-state index in [2.05, 4.69) is 15.3 Å². The summed E-state index contributed by atoms with van der Waals surface area (Å²) >= 11 is 0.991. The van der Waals surface area contributed by atoms with Crippen molar-refractivity contribution < 1.29 is 9.85 Å². The Kier molecular flexibility index (Phi) is 4.94. The van der Waals surface area contributed by atoms with Gasteiger partial charge < -0.3 is 5.32 Å². The number of nitrogens with zero attached hydrogens (tertiary/aromatic N) is 4. The Bertz CT molecular complexity index is 1010. The lowest BCUT2D eigenvalue weighted by Gasteiger charge is -2.09. The molecule has 1 heterocycles. The summed E-state index contributed by atoms with van der Waals surface area (Å²) in [5.41, 5.74) is 0.00490. The maximum absolute atomic E-state index is 11.3. The van der Waals surface area contributed by atoms with E-state index in [0.717, 1.165) is 23.2 Å². The minimum absolute atomic E-state index is 0.235. The minimum Gasteiger partial charge on any atom is -0.370 e. The number of nitro groups is 2. The molecular weight excluding hydrogens is 358 g/mol. The quantitative estimate of drug-likeness (QED) is 0.391. The number of rotatable bonds is 6. The average Bonchev–Trinajstić information content (AvgIpc) is 2.62. The lowest BCUT2D eigenvalue weighted by molar-refractivity contribution is -0.396. The summed E-state index contributed by atoms with van der Waals surface area (Å²) in [6, 6.07) is 10.9. The van der Waals surface area contributed by atoms with Crippen molar-refractivity contribution in [2.45, 2.75) is 17.0 Å². The van der Waals surface area contributed by atoms with Gasteiger partial charge in [0.25, 0.3) is 11.4 Å². The Labute approximate surface area is 151 Å². The molecule has 0 aliphatic heterocycles. The molecule has 0 radical (unpaired) electrons. The van der Waals surface area contributed by atoms with Crippen LogP contribution < -0.4 is 5.32 Å². The van der Waals surface area contributed by atoms with E-state index in [1.54, 1.807) is 0 Å². The van der Waals surface area contributed by atoms with Gasteiger partial charge >= 0.3 is 0 Å². The molecule has 10 heteroatoms. The molecule has 0 aliphatic carbocycles. The summed E-state index contributed by atoms with van der Waals surface area (Å²) in [5.74, 6) is 0.630. The van der Waals surface area contributed by atoms with Crippen LogP contribution in [0.15, 0.2) is 52.5 Å². The second-order valence-corrected chi connectivity index (χ2v) is 6.18. The molecule has 1 aromatic heterocycles. The minimum atomic E-state index is -0.669. The highest BCUT2D eigenvalue weighted by atomic mass is 32.2. The fourth-order valence-corrected chi connectivity index (χ4v) is 3.20. The zero-order valence-electron chi connectivity index (χ0n) is 13.6. The number of anilines is 1. The molecule has 0 spiro atoms. The Morgan fingerprint density at radius 1 is 1.08 bits per heavy atom. The fourth-order valence-electron chi connectivity index (χ4n) is 2.35. The lowest BCUT2D eigenvalue weighted by Crippen LogP contribution is -2.02. The third kappa shape index (κ3) is 3.54. The molecule has 9 nitrogen and oxygen atoms in total. The van der Waals surface area contributed by atoms with Gasteiger partial charge in [-0.1, -0.05) is 12.1 Å². The third-order valence-corrected chi connectivity index (χ3v) is 4.41. The third-order valence-electron chi connectivity index (χ3n) is 3.48. The molecule has 0 bridgehead atoms. The summed E-state index contributed by atoms with van der Waals surface area (Å²) in [5, 5.41) is 26.4. The van der Waals surface area contributed by atoms with Gasteiger partial charge in [0.1, 0.15) is 5.82 Å². The number of fused-ring (bicyclic) bond motifs is 1. The van der Waals surface area contributed by atoms with Crippen molar-refractivity contribution >= 4 is 39.9 Å². The number of aromatic nitrogens is 2. The second-order valence-electron chi connectivity index (χ2n) is 5.17. The van der Waals surface area contributed by atoms with Crippen molar-refractivity contribution in [3.8, 4) is 0 Å². The normalized spacial score (nSPS) is 10.7. The summed E-state index contributed by atoms with van der Waals surface area (Å²) in [6.45, 7) is 2.59. The summed E-state index contributed by atoms with van der Waals surface area (Å²) in [4.78, 5) is 29.9. The maximum Gasteiger partial charge on any atom is 0.290 e. The van der Waals surface area contributed by atoms with Crippen LogP contribution in [-0.4, -0.2) is 26.4 Å². The van der Waals surface area contributed by atoms with Crippen LogP contribution in [0.25, 0.3) is 10.9 Å². The van der Waals surface area contributed by atoms with Gasteiger partial charge in [-0.15, -0.1) is 0 Å². The van der Waals surface area contributed by atoms with Crippen LogP contribution in [0.5, 0.6) is 0 Å². The number of non-ortho nitro benzene ring substituents is 1. The molecule has 0 fully saturated rings. The summed E-state index contributed by atoms with van der Waals surface area (Å²) in [7, 11) is 0. The number of nitrogens with one attached hydrogen (secondary N) is 1. The molecule has 0 saturated heterocycles. The average molecular weight is 371 g/mol. The van der Waals surface area contributed by atoms with Gasteiger partial charge in [0.05, 0.1) is 26.3 Å². The molecule has 0 atom stereocenters. The van der Waals surface area contributed by atoms with Gasteiger partial charge in [-0.05, 0) is 36.9 Å². The Balaban J connectivity index is 2.06. The Hall–Kier alpha value is -3.27. The van der Waals surface area contributed by atoms with Gasteiger partial charge in [-0.3, -0.25) is 20.2 Å². The number of benzene rings is 2. The monoisotopic (exact) mass is 371 g/mol. The second kappa shape index (κ2) is 7.31. The van der Waals surface area contributed by atoms with Crippen molar-refractivity contribution in [2.75, 3.05) is 11.9 Å². The number of hydrogen-bond donors (Lipinski definition) is 1. The lowest BCUT2D eigenvalue weighted by atomic mass is 10.2. The van der Waals surface area contributed by atoms with Crippen LogP contribution >= 0.6 is 11.8 Å². The molecule has 1 N–H and O–H groups in total. The highest BCUT2D eigenvalue weighted by molar-refractivity contribution is 7.99. The van der Waals surface area contributed by atoms with Gasteiger partial charge in [0.15, 0.2) is 5.16 Å². The van der Waals surface area contributed by atoms with Crippen molar-refractivity contribution in [3.05, 3.63) is 62.7 Å². The predicted octanol–water partition coefficient (Wildman–Crippen LogP) is 4.03. The highest BCUT2D eigenvalue weighted by Gasteiger charge is 2.21. The van der Waals surface area contributed by atoms with E-state index < -0.39 is 9.85 Å². The Morgan fingerprint density at radius 2 is 1.85 bits per heavy atom. The number of para-hydroxylation sites is 1. The van der Waals surface area contributed by atoms with E-state index in [1.807, 2.05) is 31.2 Å². The van der Waals surface area contributed by atoms with Crippen molar-refractivity contribution in [1.29, 1.82) is 0 Å². The first-order valence-electron chi connectivity index (χ1n) is 7.61. The molecule has 132 valence electrons. The highest BCUT2D eigenvalue weighted by Crippen LogP contribution is 2.36. The Morgan fingerprint density at radius 3 is 2.54 bits per heavy atom.